The van der Waals surface area contributed by atoms with Gasteiger partial charge in [-0.25, -0.2) is 8.78 Å². The molecule has 3 amide bonds. The summed E-state index contributed by atoms with van der Waals surface area (Å²) in [5.41, 5.74) is 1.88. The summed E-state index contributed by atoms with van der Waals surface area (Å²) in [4.78, 5) is 42.3. The van der Waals surface area contributed by atoms with Gasteiger partial charge in [0.15, 0.2) is 0 Å². The smallest absolute Gasteiger partial charge is 0.255 e. The minimum absolute atomic E-state index is 0.0373. The quantitative estimate of drug-likeness (QED) is 0.603. The van der Waals surface area contributed by atoms with E-state index in [0.29, 0.717) is 11.3 Å². The van der Waals surface area contributed by atoms with Crippen LogP contribution >= 0.6 is 0 Å². The van der Waals surface area contributed by atoms with Gasteiger partial charge in [0.25, 0.3) is 5.91 Å². The Morgan fingerprint density at radius 3 is 2.48 bits per heavy atom. The molecule has 1 aliphatic rings. The Hall–Kier alpha value is -4.14. The van der Waals surface area contributed by atoms with Crippen molar-refractivity contribution in [2.75, 3.05) is 16.8 Å². The van der Waals surface area contributed by atoms with Crippen LogP contribution < -0.4 is 15.5 Å². The molecule has 4 rings (SSSR count). The molecular weight excluding hydrogens is 430 g/mol. The van der Waals surface area contributed by atoms with Crippen LogP contribution in [0.15, 0.2) is 67.0 Å². The summed E-state index contributed by atoms with van der Waals surface area (Å²) in [6.45, 7) is 0.229. The van der Waals surface area contributed by atoms with Crippen molar-refractivity contribution in [2.24, 2.45) is 5.92 Å². The molecule has 9 heteroatoms. The zero-order valence-corrected chi connectivity index (χ0v) is 17.4. The number of carbonyl (C=O) groups excluding carboxylic acids is 3. The maximum atomic E-state index is 13.5. The molecule has 1 atom stereocenters. The van der Waals surface area contributed by atoms with E-state index in [1.807, 2.05) is 0 Å². The van der Waals surface area contributed by atoms with Crippen molar-refractivity contribution in [3.63, 3.8) is 0 Å². The van der Waals surface area contributed by atoms with E-state index in [-0.39, 0.29) is 42.9 Å². The molecule has 1 aromatic heterocycles. The minimum Gasteiger partial charge on any atom is -0.352 e. The first-order valence-corrected chi connectivity index (χ1v) is 10.2. The van der Waals surface area contributed by atoms with E-state index in [0.717, 1.165) is 23.8 Å². The number of halogens is 2. The van der Waals surface area contributed by atoms with Crippen molar-refractivity contribution >= 4 is 29.1 Å². The van der Waals surface area contributed by atoms with Gasteiger partial charge < -0.3 is 15.5 Å². The molecule has 1 fully saturated rings. The van der Waals surface area contributed by atoms with Crippen LogP contribution in [0.4, 0.5) is 20.2 Å². The first-order valence-electron chi connectivity index (χ1n) is 10.2. The van der Waals surface area contributed by atoms with E-state index >= 15 is 0 Å². The van der Waals surface area contributed by atoms with Crippen molar-refractivity contribution in [2.45, 2.75) is 13.0 Å². The number of anilines is 2. The highest BCUT2D eigenvalue weighted by Crippen LogP contribution is 2.26. The largest absolute Gasteiger partial charge is 0.352 e. The maximum absolute atomic E-state index is 13.5. The SMILES string of the molecule is O=C(Nc1cccc(CNC(=O)C2CC(=O)N(c3cc(F)cc(F)c3)C2)c1)c1ccncc1. The number of hydrogen-bond acceptors (Lipinski definition) is 4. The first kappa shape index (κ1) is 22.1. The number of rotatable bonds is 6. The van der Waals surface area contributed by atoms with Crippen LogP contribution in [0.25, 0.3) is 0 Å². The molecule has 0 bridgehead atoms. The van der Waals surface area contributed by atoms with Crippen molar-refractivity contribution in [1.82, 2.24) is 10.3 Å². The van der Waals surface area contributed by atoms with Crippen LogP contribution in [0, 0.1) is 17.6 Å². The van der Waals surface area contributed by atoms with Gasteiger partial charge in [0.2, 0.25) is 11.8 Å². The lowest BCUT2D eigenvalue weighted by molar-refractivity contribution is -0.126. The topological polar surface area (TPSA) is 91.4 Å². The van der Waals surface area contributed by atoms with Gasteiger partial charge in [0.1, 0.15) is 11.6 Å². The van der Waals surface area contributed by atoms with Crippen LogP contribution in [0.1, 0.15) is 22.3 Å². The molecule has 2 heterocycles. The second-order valence-corrected chi connectivity index (χ2v) is 7.64. The molecule has 0 saturated carbocycles. The van der Waals surface area contributed by atoms with Crippen molar-refractivity contribution < 1.29 is 23.2 Å². The molecule has 0 aliphatic carbocycles. The lowest BCUT2D eigenvalue weighted by Crippen LogP contribution is -2.32. The van der Waals surface area contributed by atoms with E-state index in [1.165, 1.54) is 17.3 Å². The van der Waals surface area contributed by atoms with E-state index in [9.17, 15) is 23.2 Å². The molecular formula is C24H20F2N4O3. The summed E-state index contributed by atoms with van der Waals surface area (Å²) in [5, 5.41) is 5.57. The van der Waals surface area contributed by atoms with E-state index < -0.39 is 17.6 Å². The van der Waals surface area contributed by atoms with Crippen LogP contribution in [-0.2, 0) is 16.1 Å². The first-order chi connectivity index (χ1) is 15.9. The van der Waals surface area contributed by atoms with Gasteiger partial charge in [-0.3, -0.25) is 19.4 Å². The number of carbonyl (C=O) groups is 3. The number of pyridine rings is 1. The number of benzene rings is 2. The molecule has 0 radical (unpaired) electrons. The Kier molecular flexibility index (Phi) is 6.39. The highest BCUT2D eigenvalue weighted by atomic mass is 19.1. The van der Waals surface area contributed by atoms with Crippen molar-refractivity contribution in [3.05, 3.63) is 89.8 Å². The fourth-order valence-corrected chi connectivity index (χ4v) is 3.63. The molecule has 3 aromatic rings. The third-order valence-electron chi connectivity index (χ3n) is 5.25. The third kappa shape index (κ3) is 5.38. The normalized spacial score (nSPS) is 15.4. The highest BCUT2D eigenvalue weighted by molar-refractivity contribution is 6.04. The third-order valence-corrected chi connectivity index (χ3v) is 5.25. The molecule has 2 N–H and O–H groups in total. The number of nitrogens with one attached hydrogen (secondary N) is 2. The summed E-state index contributed by atoms with van der Waals surface area (Å²) >= 11 is 0. The fourth-order valence-electron chi connectivity index (χ4n) is 3.63. The molecule has 7 nitrogen and oxygen atoms in total. The Labute approximate surface area is 188 Å². The van der Waals surface area contributed by atoms with Gasteiger partial charge in [-0.05, 0) is 42.0 Å². The number of nitrogens with zero attached hydrogens (tertiary/aromatic N) is 2. The van der Waals surface area contributed by atoms with Gasteiger partial charge in [0, 0.05) is 54.9 Å². The van der Waals surface area contributed by atoms with Crippen molar-refractivity contribution in [3.8, 4) is 0 Å². The summed E-state index contributed by atoms with van der Waals surface area (Å²) in [5.74, 6) is -3.21. The van der Waals surface area contributed by atoms with Crippen LogP contribution in [0.2, 0.25) is 0 Å². The van der Waals surface area contributed by atoms with E-state index in [4.69, 9.17) is 0 Å². The zero-order chi connectivity index (χ0) is 23.4. The van der Waals surface area contributed by atoms with E-state index in [2.05, 4.69) is 15.6 Å². The Morgan fingerprint density at radius 1 is 1.03 bits per heavy atom. The lowest BCUT2D eigenvalue weighted by Gasteiger charge is -2.17. The Balaban J connectivity index is 1.35. The maximum Gasteiger partial charge on any atom is 0.255 e. The van der Waals surface area contributed by atoms with Gasteiger partial charge in [-0.15, -0.1) is 0 Å². The van der Waals surface area contributed by atoms with Gasteiger partial charge in [-0.1, -0.05) is 12.1 Å². The zero-order valence-electron chi connectivity index (χ0n) is 17.4. The number of hydrogen-bond donors (Lipinski definition) is 2. The summed E-state index contributed by atoms with van der Waals surface area (Å²) in [7, 11) is 0. The second kappa shape index (κ2) is 9.56. The summed E-state index contributed by atoms with van der Waals surface area (Å²) in [6, 6.07) is 13.1. The standard InChI is InChI=1S/C24H20F2N4O3/c25-18-10-19(26)12-21(11-18)30-14-17(9-22(30)31)23(32)28-13-15-2-1-3-20(8-15)29-24(33)16-4-6-27-7-5-16/h1-8,10-12,17H,9,13-14H2,(H,28,32)(H,29,33). The lowest BCUT2D eigenvalue weighted by atomic mass is 10.1. The Morgan fingerprint density at radius 2 is 1.76 bits per heavy atom. The molecule has 33 heavy (non-hydrogen) atoms. The minimum atomic E-state index is -0.790. The molecule has 1 unspecified atom stereocenters. The van der Waals surface area contributed by atoms with E-state index in [1.54, 1.807) is 36.4 Å². The van der Waals surface area contributed by atoms with Gasteiger partial charge >= 0.3 is 0 Å². The summed E-state index contributed by atoms with van der Waals surface area (Å²) in [6.07, 6.45) is 3.01. The highest BCUT2D eigenvalue weighted by Gasteiger charge is 2.35. The molecule has 0 spiro atoms. The van der Waals surface area contributed by atoms with Crippen LogP contribution in [0.3, 0.4) is 0 Å². The Bertz CT molecular complexity index is 1180. The average molecular weight is 450 g/mol. The fraction of sp³-hybridized carbons (Fsp3) is 0.167. The van der Waals surface area contributed by atoms with Crippen LogP contribution in [0.5, 0.6) is 0 Å². The van der Waals surface area contributed by atoms with Crippen LogP contribution in [-0.4, -0.2) is 29.3 Å². The average Bonchev–Trinajstić information content (AvgIpc) is 3.19. The molecule has 1 saturated heterocycles. The molecule has 1 aliphatic heterocycles. The predicted octanol–water partition coefficient (Wildman–Crippen LogP) is 3.28. The van der Waals surface area contributed by atoms with Crippen molar-refractivity contribution in [1.29, 1.82) is 0 Å². The predicted molar refractivity (Wildman–Crippen MR) is 117 cm³/mol. The molecule has 168 valence electrons. The second-order valence-electron chi connectivity index (χ2n) is 7.64. The number of aromatic nitrogens is 1. The summed E-state index contributed by atoms with van der Waals surface area (Å²) < 4.78 is 27.0. The molecule has 2 aromatic carbocycles. The monoisotopic (exact) mass is 450 g/mol. The van der Waals surface area contributed by atoms with Gasteiger partial charge in [0.05, 0.1) is 5.92 Å². The number of amides is 3. The van der Waals surface area contributed by atoms with Gasteiger partial charge in [-0.2, -0.15) is 0 Å².